The highest BCUT2D eigenvalue weighted by Crippen LogP contribution is 2.27. The van der Waals surface area contributed by atoms with Crippen molar-refractivity contribution in [3.05, 3.63) is 70.1 Å². The molecule has 4 rings (SSSR count). The van der Waals surface area contributed by atoms with Crippen LogP contribution in [0.4, 0.5) is 0 Å². The van der Waals surface area contributed by atoms with Crippen molar-refractivity contribution in [1.29, 1.82) is 0 Å². The van der Waals surface area contributed by atoms with Gasteiger partial charge in [-0.1, -0.05) is 41.9 Å². The van der Waals surface area contributed by atoms with Gasteiger partial charge in [0, 0.05) is 37.4 Å². The van der Waals surface area contributed by atoms with Crippen LogP contribution in [0.5, 0.6) is 0 Å². The molecule has 5 heteroatoms. The van der Waals surface area contributed by atoms with Gasteiger partial charge in [-0.2, -0.15) is 0 Å². The Morgan fingerprint density at radius 3 is 2.52 bits per heavy atom. The molecule has 1 aliphatic rings. The first-order valence-electron chi connectivity index (χ1n) is 8.43. The van der Waals surface area contributed by atoms with Crippen LogP contribution in [0, 0.1) is 0 Å². The quantitative estimate of drug-likeness (QED) is 0.677. The van der Waals surface area contributed by atoms with E-state index in [1.54, 1.807) is 23.5 Å². The predicted molar refractivity (Wildman–Crippen MR) is 104 cm³/mol. The number of fused-ring (bicyclic) bond motifs is 1. The van der Waals surface area contributed by atoms with Crippen LogP contribution in [-0.4, -0.2) is 41.9 Å². The Bertz CT molecular complexity index is 899. The van der Waals surface area contributed by atoms with E-state index >= 15 is 0 Å². The van der Waals surface area contributed by atoms with Crippen LogP contribution in [0.25, 0.3) is 10.1 Å². The fourth-order valence-corrected chi connectivity index (χ4v) is 4.48. The summed E-state index contributed by atoms with van der Waals surface area (Å²) in [6, 6.07) is 15.8. The van der Waals surface area contributed by atoms with Crippen LogP contribution in [0.15, 0.2) is 53.9 Å². The number of rotatable bonds is 3. The van der Waals surface area contributed by atoms with E-state index in [2.05, 4.69) is 34.5 Å². The number of carbonyl (C=O) groups is 1. The number of hydrogen-bond donors (Lipinski definition) is 0. The number of piperazine rings is 1. The lowest BCUT2D eigenvalue weighted by Gasteiger charge is -2.34. The first kappa shape index (κ1) is 16.6. The average molecular weight is 371 g/mol. The summed E-state index contributed by atoms with van der Waals surface area (Å²) < 4.78 is 1.34. The number of nitrogens with zero attached hydrogens (tertiary/aromatic N) is 2. The van der Waals surface area contributed by atoms with Gasteiger partial charge in [0.1, 0.15) is 0 Å². The number of amides is 1. The van der Waals surface area contributed by atoms with Gasteiger partial charge < -0.3 is 4.90 Å². The SMILES string of the molecule is O=C(c1ccccc1Cl)N1CCN(Cc2csc3ccccc23)CC1. The molecule has 2 aromatic carbocycles. The molecule has 1 amide bonds. The Labute approximate surface area is 156 Å². The highest BCUT2D eigenvalue weighted by molar-refractivity contribution is 7.17. The van der Waals surface area contributed by atoms with Crippen LogP contribution in [0.3, 0.4) is 0 Å². The second kappa shape index (κ2) is 7.16. The smallest absolute Gasteiger partial charge is 0.255 e. The third-order valence-corrected chi connectivity index (χ3v) is 6.06. The molecule has 1 saturated heterocycles. The summed E-state index contributed by atoms with van der Waals surface area (Å²) in [7, 11) is 0. The summed E-state index contributed by atoms with van der Waals surface area (Å²) in [4.78, 5) is 17.0. The van der Waals surface area contributed by atoms with Gasteiger partial charge >= 0.3 is 0 Å². The van der Waals surface area contributed by atoms with Crippen molar-refractivity contribution in [2.75, 3.05) is 26.2 Å². The highest BCUT2D eigenvalue weighted by atomic mass is 35.5. The van der Waals surface area contributed by atoms with Gasteiger partial charge in [-0.3, -0.25) is 9.69 Å². The Morgan fingerprint density at radius 2 is 1.72 bits per heavy atom. The molecule has 3 aromatic rings. The van der Waals surface area contributed by atoms with Crippen LogP contribution in [0.2, 0.25) is 5.02 Å². The predicted octanol–water partition coefficient (Wildman–Crippen LogP) is 4.51. The zero-order valence-electron chi connectivity index (χ0n) is 13.8. The first-order valence-corrected chi connectivity index (χ1v) is 9.69. The van der Waals surface area contributed by atoms with Gasteiger partial charge in [0.15, 0.2) is 0 Å². The van der Waals surface area contributed by atoms with Crippen molar-refractivity contribution in [1.82, 2.24) is 9.80 Å². The molecule has 128 valence electrons. The Kier molecular flexibility index (Phi) is 4.75. The molecule has 0 spiro atoms. The van der Waals surface area contributed by atoms with Gasteiger partial charge in [0.2, 0.25) is 0 Å². The maximum atomic E-state index is 12.6. The van der Waals surface area contributed by atoms with Crippen molar-refractivity contribution in [2.45, 2.75) is 6.54 Å². The lowest BCUT2D eigenvalue weighted by molar-refractivity contribution is 0.0629. The van der Waals surface area contributed by atoms with Crippen LogP contribution in [-0.2, 0) is 6.54 Å². The van der Waals surface area contributed by atoms with Gasteiger partial charge in [-0.05, 0) is 34.5 Å². The number of carbonyl (C=O) groups excluding carboxylic acids is 1. The van der Waals surface area contributed by atoms with E-state index in [1.165, 1.54) is 15.6 Å². The van der Waals surface area contributed by atoms with Gasteiger partial charge in [0.25, 0.3) is 5.91 Å². The van der Waals surface area contributed by atoms with E-state index in [4.69, 9.17) is 11.6 Å². The lowest BCUT2D eigenvalue weighted by atomic mass is 10.1. The molecule has 25 heavy (non-hydrogen) atoms. The summed E-state index contributed by atoms with van der Waals surface area (Å²) >= 11 is 7.96. The molecule has 0 atom stereocenters. The Hall–Kier alpha value is -1.88. The molecule has 0 aliphatic carbocycles. The maximum Gasteiger partial charge on any atom is 0.255 e. The maximum absolute atomic E-state index is 12.6. The molecule has 1 aliphatic heterocycles. The van der Waals surface area contributed by atoms with Crippen molar-refractivity contribution in [3.63, 3.8) is 0 Å². The van der Waals surface area contributed by atoms with E-state index < -0.39 is 0 Å². The fourth-order valence-electron chi connectivity index (χ4n) is 3.31. The van der Waals surface area contributed by atoms with Crippen molar-refractivity contribution in [2.24, 2.45) is 0 Å². The Morgan fingerprint density at radius 1 is 1.00 bits per heavy atom. The minimum absolute atomic E-state index is 0.0335. The molecule has 0 bridgehead atoms. The topological polar surface area (TPSA) is 23.6 Å². The van der Waals surface area contributed by atoms with Crippen molar-refractivity contribution in [3.8, 4) is 0 Å². The highest BCUT2D eigenvalue weighted by Gasteiger charge is 2.23. The standard InChI is InChI=1S/C20H19ClN2OS/c21-18-7-3-1-6-17(18)20(24)23-11-9-22(10-12-23)13-15-14-25-19-8-4-2-5-16(15)19/h1-8,14H,9-13H2. The third kappa shape index (κ3) is 3.43. The van der Waals surface area contributed by atoms with E-state index in [0.717, 1.165) is 32.7 Å². The van der Waals surface area contributed by atoms with Crippen molar-refractivity contribution >= 4 is 38.9 Å². The summed E-state index contributed by atoms with van der Waals surface area (Å²) in [5.74, 6) is 0.0335. The lowest BCUT2D eigenvalue weighted by Crippen LogP contribution is -2.48. The molecule has 1 fully saturated rings. The van der Waals surface area contributed by atoms with Crippen LogP contribution < -0.4 is 0 Å². The molecule has 0 unspecified atom stereocenters. The molecule has 1 aromatic heterocycles. The molecular formula is C20H19ClN2OS. The number of benzene rings is 2. The third-order valence-electron chi connectivity index (χ3n) is 4.72. The second-order valence-corrected chi connectivity index (χ2v) is 7.62. The second-order valence-electron chi connectivity index (χ2n) is 6.31. The molecule has 3 nitrogen and oxygen atoms in total. The van der Waals surface area contributed by atoms with Crippen LogP contribution in [0.1, 0.15) is 15.9 Å². The summed E-state index contributed by atoms with van der Waals surface area (Å²) in [5.41, 5.74) is 1.98. The minimum Gasteiger partial charge on any atom is -0.336 e. The van der Waals surface area contributed by atoms with E-state index in [1.807, 2.05) is 17.0 Å². The van der Waals surface area contributed by atoms with Gasteiger partial charge in [-0.25, -0.2) is 0 Å². The number of halogens is 1. The monoisotopic (exact) mass is 370 g/mol. The molecule has 0 N–H and O–H groups in total. The van der Waals surface area contributed by atoms with Gasteiger partial charge in [0.05, 0.1) is 10.6 Å². The van der Waals surface area contributed by atoms with E-state index in [-0.39, 0.29) is 5.91 Å². The fraction of sp³-hybridized carbons (Fsp3) is 0.250. The molecule has 0 saturated carbocycles. The molecule has 2 heterocycles. The first-order chi connectivity index (χ1) is 12.2. The van der Waals surface area contributed by atoms with Crippen molar-refractivity contribution < 1.29 is 4.79 Å². The van der Waals surface area contributed by atoms with E-state index in [0.29, 0.717) is 10.6 Å². The summed E-state index contributed by atoms with van der Waals surface area (Å²) in [5, 5.41) is 4.13. The largest absolute Gasteiger partial charge is 0.336 e. The van der Waals surface area contributed by atoms with Crippen LogP contribution >= 0.6 is 22.9 Å². The number of thiophene rings is 1. The Balaban J connectivity index is 1.40. The summed E-state index contributed by atoms with van der Waals surface area (Å²) in [6.45, 7) is 4.21. The van der Waals surface area contributed by atoms with E-state index in [9.17, 15) is 4.79 Å². The molecule has 0 radical (unpaired) electrons. The average Bonchev–Trinajstić information content (AvgIpc) is 3.05. The van der Waals surface area contributed by atoms with Gasteiger partial charge in [-0.15, -0.1) is 11.3 Å². The minimum atomic E-state index is 0.0335. The zero-order chi connectivity index (χ0) is 17.2. The molecular weight excluding hydrogens is 352 g/mol. The number of hydrogen-bond acceptors (Lipinski definition) is 3. The zero-order valence-corrected chi connectivity index (χ0v) is 15.4. The normalized spacial score (nSPS) is 15.6. The summed E-state index contributed by atoms with van der Waals surface area (Å²) in [6.07, 6.45) is 0.